The Balaban J connectivity index is 0. The Bertz CT molecular complexity index is 727. The minimum Gasteiger partial charge on any atom is -0.550 e. The van der Waals surface area contributed by atoms with Crippen molar-refractivity contribution in [2.75, 3.05) is 6.54 Å². The number of hydrogen-bond donors (Lipinski definition) is 2. The number of carbonyl (C=O) groups excluding carboxylic acids is 1. The molecule has 0 saturated heterocycles. The van der Waals surface area contributed by atoms with E-state index in [1.54, 1.807) is 0 Å². The smallest absolute Gasteiger partial charge is 0.550 e. The molecule has 0 aliphatic carbocycles. The average Bonchev–Trinajstić information content (AvgIpc) is 3.18. The first kappa shape index (κ1) is 29.9. The molecular formula is C19H32CoN8O2. The van der Waals surface area contributed by atoms with Gasteiger partial charge in [-0.05, 0) is 33.7 Å². The van der Waals surface area contributed by atoms with Crippen molar-refractivity contribution >= 4 is 5.97 Å². The summed E-state index contributed by atoms with van der Waals surface area (Å²) in [5.41, 5.74) is 18.2. The second-order valence-corrected chi connectivity index (χ2v) is 6.51. The standard InChI is InChI=1S/C17H29N5.C2H4O2.Co.N3/c1-6-9-22(10-14-12(4)18-16(7-2)20-14)11-15-13(5)19-17(8-3)21-15;1-2(3)4;;1-3-2/h6-11H2,1-5H3,(H,18,20)(H,19,21);1H3,(H,3,4);;/q;;+2;-1/p-1. The first-order chi connectivity index (χ1) is 13.7. The number of imidazole rings is 2. The molecule has 2 N–H and O–H groups in total. The number of aryl methyl sites for hydroxylation is 4. The molecule has 30 heavy (non-hydrogen) atoms. The molecule has 0 aliphatic heterocycles. The molecule has 0 aliphatic rings. The molecule has 169 valence electrons. The molecule has 0 fully saturated rings. The van der Waals surface area contributed by atoms with Crippen molar-refractivity contribution in [2.45, 2.75) is 73.9 Å². The van der Waals surface area contributed by atoms with Crippen molar-refractivity contribution in [1.82, 2.24) is 24.8 Å². The zero-order valence-electron chi connectivity index (χ0n) is 18.6. The Labute approximate surface area is 188 Å². The molecule has 0 amide bonds. The van der Waals surface area contributed by atoms with Gasteiger partial charge in [-0.1, -0.05) is 20.8 Å². The van der Waals surface area contributed by atoms with Gasteiger partial charge >= 0.3 is 16.8 Å². The summed E-state index contributed by atoms with van der Waals surface area (Å²) in [6, 6.07) is 0. The van der Waals surface area contributed by atoms with Gasteiger partial charge in [0.05, 0.1) is 11.4 Å². The number of aromatic amines is 2. The van der Waals surface area contributed by atoms with Crippen LogP contribution in [0.15, 0.2) is 0 Å². The van der Waals surface area contributed by atoms with Crippen LogP contribution in [0.4, 0.5) is 0 Å². The number of carbonyl (C=O) groups is 1. The maximum Gasteiger partial charge on any atom is 2.00 e. The molecule has 10 nitrogen and oxygen atoms in total. The van der Waals surface area contributed by atoms with E-state index in [1.807, 2.05) is 0 Å². The van der Waals surface area contributed by atoms with Crippen molar-refractivity contribution in [3.8, 4) is 0 Å². The van der Waals surface area contributed by atoms with Crippen LogP contribution >= 0.6 is 0 Å². The van der Waals surface area contributed by atoms with Crippen LogP contribution in [-0.4, -0.2) is 37.3 Å². The zero-order valence-corrected chi connectivity index (χ0v) is 19.6. The number of H-pyrrole nitrogens is 2. The number of aromatic nitrogens is 4. The average molecular weight is 463 g/mol. The Kier molecular flexibility index (Phi) is 16.4. The number of nitrogens with zero attached hydrogens (tertiary/aromatic N) is 6. The number of nitrogens with one attached hydrogen (secondary N) is 2. The second-order valence-electron chi connectivity index (χ2n) is 6.51. The summed E-state index contributed by atoms with van der Waals surface area (Å²) in [6.45, 7) is 14.5. The van der Waals surface area contributed by atoms with Crippen molar-refractivity contribution < 1.29 is 26.7 Å². The maximum absolute atomic E-state index is 8.89. The summed E-state index contributed by atoms with van der Waals surface area (Å²) in [5.74, 6) is 1.07. The van der Waals surface area contributed by atoms with Gasteiger partial charge in [-0.15, -0.1) is 0 Å². The fourth-order valence-corrected chi connectivity index (χ4v) is 2.72. The topological polar surface area (TPSA) is 159 Å². The van der Waals surface area contributed by atoms with Crippen LogP contribution in [0, 0.1) is 13.8 Å². The summed E-state index contributed by atoms with van der Waals surface area (Å²) in [7, 11) is 0. The van der Waals surface area contributed by atoms with Crippen molar-refractivity contribution in [2.24, 2.45) is 0 Å². The first-order valence-corrected chi connectivity index (χ1v) is 9.69. The molecule has 0 bridgehead atoms. The van der Waals surface area contributed by atoms with E-state index in [-0.39, 0.29) is 16.8 Å². The first-order valence-electron chi connectivity index (χ1n) is 9.69. The maximum atomic E-state index is 8.89. The molecule has 1 radical (unpaired) electrons. The Morgan fingerprint density at radius 3 is 1.57 bits per heavy atom. The van der Waals surface area contributed by atoms with Crippen LogP contribution < -0.4 is 5.11 Å². The van der Waals surface area contributed by atoms with Crippen LogP contribution in [0.25, 0.3) is 16.0 Å². The fraction of sp³-hybridized carbons (Fsp3) is 0.632. The molecular weight excluding hydrogens is 431 g/mol. The van der Waals surface area contributed by atoms with Crippen LogP contribution in [0.3, 0.4) is 0 Å². The van der Waals surface area contributed by atoms with Gasteiger partial charge in [0.1, 0.15) is 11.6 Å². The number of aliphatic carboxylic acids is 1. The SMILES string of the molecule is CC(=O)[O-].CCCN(Cc1nc(CC)[nH]c1C)Cc1nc(CC)[nH]c1C.[Co+2].[N-]=[N+]=[N-]. The monoisotopic (exact) mass is 463 g/mol. The number of rotatable bonds is 8. The largest absolute Gasteiger partial charge is 2.00 e. The van der Waals surface area contributed by atoms with E-state index in [0.717, 1.165) is 68.9 Å². The molecule has 2 aromatic rings. The van der Waals surface area contributed by atoms with Crippen LogP contribution in [0.5, 0.6) is 0 Å². The van der Waals surface area contributed by atoms with Gasteiger partial charge in [-0.2, -0.15) is 0 Å². The van der Waals surface area contributed by atoms with Gasteiger partial charge in [0.25, 0.3) is 0 Å². The molecule has 2 rings (SSSR count). The zero-order chi connectivity index (χ0) is 22.4. The summed E-state index contributed by atoms with van der Waals surface area (Å²) >= 11 is 0. The Hall–Kier alpha value is -2.33. The predicted molar refractivity (Wildman–Crippen MR) is 111 cm³/mol. The quantitative estimate of drug-likeness (QED) is 0.349. The van der Waals surface area contributed by atoms with E-state index in [9.17, 15) is 0 Å². The van der Waals surface area contributed by atoms with Gasteiger partial charge in [0.2, 0.25) is 0 Å². The van der Waals surface area contributed by atoms with Crippen LogP contribution in [0.2, 0.25) is 0 Å². The number of carboxylic acids is 1. The number of hydrogen-bond acceptors (Lipinski definition) is 5. The summed E-state index contributed by atoms with van der Waals surface area (Å²) in [5, 5.41) is 8.89. The predicted octanol–water partition coefficient (Wildman–Crippen LogP) is 2.91. The molecule has 0 spiro atoms. The van der Waals surface area contributed by atoms with Crippen LogP contribution in [0.1, 0.15) is 68.5 Å². The molecule has 11 heteroatoms. The van der Waals surface area contributed by atoms with Gasteiger partial charge < -0.3 is 30.9 Å². The van der Waals surface area contributed by atoms with E-state index in [4.69, 9.17) is 30.9 Å². The molecule has 0 unspecified atom stereocenters. The van der Waals surface area contributed by atoms with E-state index >= 15 is 0 Å². The normalized spacial score (nSPS) is 9.57. The Morgan fingerprint density at radius 2 is 1.33 bits per heavy atom. The van der Waals surface area contributed by atoms with Crippen molar-refractivity contribution in [1.29, 1.82) is 0 Å². The third kappa shape index (κ3) is 11.6. The molecule has 0 saturated carbocycles. The van der Waals surface area contributed by atoms with E-state index in [0.29, 0.717) is 0 Å². The third-order valence-electron chi connectivity index (χ3n) is 4.03. The second kappa shape index (κ2) is 16.5. The molecule has 2 aromatic heterocycles. The van der Waals surface area contributed by atoms with Gasteiger partial charge in [-0.25, -0.2) is 9.97 Å². The van der Waals surface area contributed by atoms with Crippen molar-refractivity contribution in [3.63, 3.8) is 0 Å². The summed E-state index contributed by atoms with van der Waals surface area (Å²) in [4.78, 5) is 29.0. The molecule has 0 aromatic carbocycles. The fourth-order valence-electron chi connectivity index (χ4n) is 2.72. The van der Waals surface area contributed by atoms with E-state index in [1.165, 1.54) is 16.3 Å². The minimum atomic E-state index is -1.08. The third-order valence-corrected chi connectivity index (χ3v) is 4.03. The molecule has 0 atom stereocenters. The van der Waals surface area contributed by atoms with Gasteiger partial charge in [0, 0.05) is 43.3 Å². The minimum absolute atomic E-state index is 0. The van der Waals surface area contributed by atoms with Crippen LogP contribution in [-0.2, 0) is 47.5 Å². The van der Waals surface area contributed by atoms with Gasteiger partial charge in [-0.3, -0.25) is 9.81 Å². The Morgan fingerprint density at radius 1 is 1.00 bits per heavy atom. The summed E-state index contributed by atoms with van der Waals surface area (Å²) in [6.07, 6.45) is 3.04. The molecule has 2 heterocycles. The van der Waals surface area contributed by atoms with Crippen molar-refractivity contribution in [3.05, 3.63) is 50.4 Å². The van der Waals surface area contributed by atoms with E-state index in [2.05, 4.69) is 49.5 Å². The summed E-state index contributed by atoms with van der Waals surface area (Å²) < 4.78 is 0. The van der Waals surface area contributed by atoms with E-state index < -0.39 is 5.97 Å². The number of carboxylic acid groups (broad SMARTS) is 1. The van der Waals surface area contributed by atoms with Gasteiger partial charge in [0.15, 0.2) is 0 Å².